The summed E-state index contributed by atoms with van der Waals surface area (Å²) < 4.78 is 0. The van der Waals surface area contributed by atoms with Crippen molar-refractivity contribution in [1.29, 1.82) is 0 Å². The van der Waals surface area contributed by atoms with Crippen molar-refractivity contribution >= 4 is 34.9 Å². The number of hydrogen-bond donors (Lipinski definition) is 1. The predicted molar refractivity (Wildman–Crippen MR) is 157 cm³/mol. The molecule has 1 atom stereocenters. The van der Waals surface area contributed by atoms with Gasteiger partial charge in [-0.2, -0.15) is 0 Å². The van der Waals surface area contributed by atoms with Gasteiger partial charge in [-0.05, 0) is 54.6 Å². The van der Waals surface area contributed by atoms with Crippen LogP contribution in [0, 0.1) is 5.92 Å². The minimum Gasteiger partial charge on any atom is -0.322 e. The minimum absolute atomic E-state index is 0.0836. The van der Waals surface area contributed by atoms with Crippen molar-refractivity contribution in [3.63, 3.8) is 0 Å². The molecule has 1 N–H and O–H groups in total. The summed E-state index contributed by atoms with van der Waals surface area (Å²) in [5.74, 6) is 1.04. The molecule has 2 aliphatic rings. The second-order valence-corrected chi connectivity index (χ2v) is 11.3. The molecule has 0 spiro atoms. The Kier molecular flexibility index (Phi) is 9.23. The fraction of sp³-hybridized carbons (Fsp3) is 0.387. The zero-order valence-electron chi connectivity index (χ0n) is 21.7. The van der Waals surface area contributed by atoms with Crippen LogP contribution in [0.2, 0.25) is 10.0 Å². The molecule has 0 bridgehead atoms. The lowest BCUT2D eigenvalue weighted by Crippen LogP contribution is -2.52. The number of rotatable bonds is 7. The summed E-state index contributed by atoms with van der Waals surface area (Å²) in [5.41, 5.74) is 3.44. The van der Waals surface area contributed by atoms with E-state index in [0.717, 1.165) is 52.4 Å². The van der Waals surface area contributed by atoms with Crippen LogP contribution in [0.3, 0.4) is 0 Å². The van der Waals surface area contributed by atoms with Crippen LogP contribution < -0.4 is 5.32 Å². The number of anilines is 1. The largest absolute Gasteiger partial charge is 0.322 e. The Morgan fingerprint density at radius 2 is 1.47 bits per heavy atom. The van der Waals surface area contributed by atoms with Crippen LogP contribution in [0.1, 0.15) is 29.9 Å². The average Bonchev–Trinajstić information content (AvgIpc) is 2.95. The second kappa shape index (κ2) is 13.0. The number of hydrogen-bond acceptors (Lipinski definition) is 3. The highest BCUT2D eigenvalue weighted by Gasteiger charge is 2.27. The average molecular weight is 552 g/mol. The molecule has 2 heterocycles. The van der Waals surface area contributed by atoms with Crippen molar-refractivity contribution in [2.75, 3.05) is 57.7 Å². The van der Waals surface area contributed by atoms with E-state index in [1.54, 1.807) is 18.2 Å². The summed E-state index contributed by atoms with van der Waals surface area (Å²) in [6, 6.07) is 26.9. The maximum Gasteiger partial charge on any atom is 0.321 e. The predicted octanol–water partition coefficient (Wildman–Crippen LogP) is 6.69. The van der Waals surface area contributed by atoms with Gasteiger partial charge in [0.2, 0.25) is 0 Å². The third kappa shape index (κ3) is 7.09. The van der Waals surface area contributed by atoms with Crippen molar-refractivity contribution < 1.29 is 4.79 Å². The van der Waals surface area contributed by atoms with E-state index in [2.05, 4.69) is 75.8 Å². The van der Waals surface area contributed by atoms with Crippen molar-refractivity contribution in [2.45, 2.75) is 18.8 Å². The highest BCUT2D eigenvalue weighted by Crippen LogP contribution is 2.29. The Bertz CT molecular complexity index is 1150. The van der Waals surface area contributed by atoms with Gasteiger partial charge in [0, 0.05) is 57.4 Å². The maximum atomic E-state index is 12.8. The van der Waals surface area contributed by atoms with E-state index in [-0.39, 0.29) is 6.03 Å². The standard InChI is InChI=1S/C31H36Cl2N4O/c32-29-14-13-27(20-30(29)33)34-31(38)37-18-16-35(17-19-37)21-24-8-7-15-36(22-24)23-28(25-9-3-1-4-10-25)26-11-5-2-6-12-26/h1-6,9-14,20,24,28H,7-8,15-19,21-23H2,(H,34,38)/t24-/m0/s1. The molecule has 0 unspecified atom stereocenters. The molecule has 3 aromatic rings. The first-order chi connectivity index (χ1) is 18.5. The van der Waals surface area contributed by atoms with Gasteiger partial charge >= 0.3 is 6.03 Å². The number of carbonyl (C=O) groups is 1. The lowest BCUT2D eigenvalue weighted by Gasteiger charge is -2.40. The van der Waals surface area contributed by atoms with Crippen LogP contribution in [0.5, 0.6) is 0 Å². The number of piperazine rings is 1. The second-order valence-electron chi connectivity index (χ2n) is 10.5. The fourth-order valence-electron chi connectivity index (χ4n) is 5.77. The molecule has 5 nitrogen and oxygen atoms in total. The van der Waals surface area contributed by atoms with Gasteiger partial charge in [0.25, 0.3) is 0 Å². The molecule has 2 fully saturated rings. The molecule has 0 aromatic heterocycles. The van der Waals surface area contributed by atoms with Crippen molar-refractivity contribution in [1.82, 2.24) is 14.7 Å². The number of urea groups is 1. The van der Waals surface area contributed by atoms with Crippen LogP contribution in [0.15, 0.2) is 78.9 Å². The van der Waals surface area contributed by atoms with Gasteiger partial charge in [-0.25, -0.2) is 4.79 Å². The Labute approximate surface area is 236 Å². The van der Waals surface area contributed by atoms with Crippen molar-refractivity contribution in [3.8, 4) is 0 Å². The number of halogens is 2. The van der Waals surface area contributed by atoms with Gasteiger partial charge in [-0.3, -0.25) is 4.90 Å². The molecule has 5 rings (SSSR count). The molecule has 3 aromatic carbocycles. The van der Waals surface area contributed by atoms with Gasteiger partial charge in [-0.1, -0.05) is 83.9 Å². The van der Waals surface area contributed by atoms with E-state index in [4.69, 9.17) is 23.2 Å². The molecule has 2 aliphatic heterocycles. The number of nitrogens with one attached hydrogen (secondary N) is 1. The van der Waals surface area contributed by atoms with Gasteiger partial charge < -0.3 is 15.1 Å². The smallest absolute Gasteiger partial charge is 0.321 e. The maximum absolute atomic E-state index is 12.8. The first kappa shape index (κ1) is 27.0. The topological polar surface area (TPSA) is 38.8 Å². The molecule has 2 saturated heterocycles. The quantitative estimate of drug-likeness (QED) is 0.356. The first-order valence-electron chi connectivity index (χ1n) is 13.6. The van der Waals surface area contributed by atoms with Gasteiger partial charge in [0.1, 0.15) is 0 Å². The number of amides is 2. The number of nitrogens with zero attached hydrogens (tertiary/aromatic N) is 3. The lowest BCUT2D eigenvalue weighted by molar-refractivity contribution is 0.0998. The molecule has 0 saturated carbocycles. The van der Waals surface area contributed by atoms with Gasteiger partial charge in [0.15, 0.2) is 0 Å². The van der Waals surface area contributed by atoms with Crippen molar-refractivity contribution in [2.24, 2.45) is 5.92 Å². The number of likely N-dealkylation sites (tertiary alicyclic amines) is 1. The zero-order chi connectivity index (χ0) is 26.3. The summed E-state index contributed by atoms with van der Waals surface area (Å²) in [7, 11) is 0. The third-order valence-electron chi connectivity index (χ3n) is 7.79. The first-order valence-corrected chi connectivity index (χ1v) is 14.4. The van der Waals surface area contributed by atoms with E-state index in [1.165, 1.54) is 24.0 Å². The van der Waals surface area contributed by atoms with E-state index < -0.39 is 0 Å². The Morgan fingerprint density at radius 3 is 2.11 bits per heavy atom. The molecular formula is C31H36Cl2N4O. The zero-order valence-corrected chi connectivity index (χ0v) is 23.2. The number of carbonyl (C=O) groups excluding carboxylic acids is 1. The molecule has 2 amide bonds. The molecule has 200 valence electrons. The summed E-state index contributed by atoms with van der Waals surface area (Å²) in [4.78, 5) is 19.8. The monoisotopic (exact) mass is 550 g/mol. The summed E-state index contributed by atoms with van der Waals surface area (Å²) in [5, 5.41) is 3.87. The van der Waals surface area contributed by atoms with E-state index in [9.17, 15) is 4.79 Å². The SMILES string of the molecule is O=C(Nc1ccc(Cl)c(Cl)c1)N1CCN(C[C@@H]2CCCN(CC(c3ccccc3)c3ccccc3)C2)CC1. The van der Waals surface area contributed by atoms with Crippen LogP contribution in [-0.4, -0.2) is 73.1 Å². The lowest BCUT2D eigenvalue weighted by atomic mass is 9.89. The highest BCUT2D eigenvalue weighted by molar-refractivity contribution is 6.42. The Hall–Kier alpha value is -2.57. The number of benzene rings is 3. The van der Waals surface area contributed by atoms with E-state index >= 15 is 0 Å². The molecular weight excluding hydrogens is 515 g/mol. The third-order valence-corrected chi connectivity index (χ3v) is 8.53. The minimum atomic E-state index is -0.0836. The van der Waals surface area contributed by atoms with E-state index in [0.29, 0.717) is 27.6 Å². The van der Waals surface area contributed by atoms with Gasteiger partial charge in [0.05, 0.1) is 10.0 Å². The van der Waals surface area contributed by atoms with E-state index in [1.807, 2.05) is 4.90 Å². The normalized spacial score (nSPS) is 19.0. The summed E-state index contributed by atoms with van der Waals surface area (Å²) in [6.07, 6.45) is 2.52. The van der Waals surface area contributed by atoms with Crippen molar-refractivity contribution in [3.05, 3.63) is 100 Å². The molecule has 0 radical (unpaired) electrons. The summed E-state index contributed by atoms with van der Waals surface area (Å²) in [6.45, 7) is 7.71. The fourth-order valence-corrected chi connectivity index (χ4v) is 6.07. The van der Waals surface area contributed by atoms with Crippen LogP contribution in [0.4, 0.5) is 10.5 Å². The molecule has 0 aliphatic carbocycles. The van der Waals surface area contributed by atoms with Crippen LogP contribution >= 0.6 is 23.2 Å². The summed E-state index contributed by atoms with van der Waals surface area (Å²) >= 11 is 12.1. The molecule has 38 heavy (non-hydrogen) atoms. The van der Waals surface area contributed by atoms with Gasteiger partial charge in [-0.15, -0.1) is 0 Å². The van der Waals surface area contributed by atoms with Crippen LogP contribution in [0.25, 0.3) is 0 Å². The Balaban J connectivity index is 1.12. The highest BCUT2D eigenvalue weighted by atomic mass is 35.5. The molecule has 7 heteroatoms. The Morgan fingerprint density at radius 1 is 0.816 bits per heavy atom. The van der Waals surface area contributed by atoms with Crippen LogP contribution in [-0.2, 0) is 0 Å². The number of piperidine rings is 1.